The third kappa shape index (κ3) is 1.38. The Bertz CT molecular complexity index is 268. The van der Waals surface area contributed by atoms with Gasteiger partial charge in [0.2, 0.25) is 0 Å². The number of aryl methyl sites for hydroxylation is 1. The van der Waals surface area contributed by atoms with E-state index < -0.39 is 0 Å². The Kier molecular flexibility index (Phi) is 2.19. The molecule has 0 aromatic carbocycles. The van der Waals surface area contributed by atoms with Crippen molar-refractivity contribution in [1.82, 2.24) is 10.2 Å². The van der Waals surface area contributed by atoms with Gasteiger partial charge in [0.1, 0.15) is 0 Å². The number of nitrogens with zero attached hydrogens (tertiary/aromatic N) is 2. The molecule has 0 saturated heterocycles. The molecule has 0 atom stereocenters. The van der Waals surface area contributed by atoms with Crippen LogP contribution in [0.5, 0.6) is 0 Å². The van der Waals surface area contributed by atoms with Gasteiger partial charge < -0.3 is 5.73 Å². The summed E-state index contributed by atoms with van der Waals surface area (Å²) in [7, 11) is 0. The molecular weight excluding hydrogens is 138 g/mol. The van der Waals surface area contributed by atoms with Crippen LogP contribution in [-0.2, 0) is 6.54 Å². The number of nitrogens with two attached hydrogens (primary N) is 1. The first-order valence-corrected chi connectivity index (χ1v) is 3.66. The molecule has 0 saturated carbocycles. The van der Waals surface area contributed by atoms with Crippen LogP contribution in [0.1, 0.15) is 22.5 Å². The first kappa shape index (κ1) is 8.14. The fourth-order valence-electron chi connectivity index (χ4n) is 0.967. The third-order valence-corrected chi connectivity index (χ3v) is 2.05. The summed E-state index contributed by atoms with van der Waals surface area (Å²) in [5.74, 6) is 0. The van der Waals surface area contributed by atoms with Crippen LogP contribution >= 0.6 is 0 Å². The van der Waals surface area contributed by atoms with E-state index in [1.54, 1.807) is 0 Å². The van der Waals surface area contributed by atoms with Gasteiger partial charge in [-0.1, -0.05) is 0 Å². The van der Waals surface area contributed by atoms with Crippen LogP contribution in [0.25, 0.3) is 0 Å². The molecule has 11 heavy (non-hydrogen) atoms. The lowest BCUT2D eigenvalue weighted by molar-refractivity contribution is 0.847. The molecule has 3 heteroatoms. The summed E-state index contributed by atoms with van der Waals surface area (Å²) in [6, 6.07) is 0. The smallest absolute Gasteiger partial charge is 0.0798 e. The monoisotopic (exact) mass is 151 g/mol. The molecule has 2 N–H and O–H groups in total. The maximum absolute atomic E-state index is 5.47. The van der Waals surface area contributed by atoms with Crippen LogP contribution in [0.3, 0.4) is 0 Å². The van der Waals surface area contributed by atoms with E-state index in [2.05, 4.69) is 10.2 Å². The lowest BCUT2D eigenvalue weighted by Gasteiger charge is -2.05. The number of hydrogen-bond donors (Lipinski definition) is 1. The van der Waals surface area contributed by atoms with Gasteiger partial charge in [-0.3, -0.25) is 0 Å². The topological polar surface area (TPSA) is 51.8 Å². The van der Waals surface area contributed by atoms with Crippen molar-refractivity contribution in [3.8, 4) is 0 Å². The van der Waals surface area contributed by atoms with Crippen molar-refractivity contribution in [3.05, 3.63) is 22.5 Å². The van der Waals surface area contributed by atoms with Gasteiger partial charge in [0.25, 0.3) is 0 Å². The van der Waals surface area contributed by atoms with Crippen LogP contribution in [0.15, 0.2) is 0 Å². The first-order chi connectivity index (χ1) is 5.16. The van der Waals surface area contributed by atoms with Gasteiger partial charge in [-0.2, -0.15) is 10.2 Å². The van der Waals surface area contributed by atoms with Crippen molar-refractivity contribution in [1.29, 1.82) is 0 Å². The maximum Gasteiger partial charge on any atom is 0.0798 e. The second-order valence-electron chi connectivity index (χ2n) is 2.69. The number of hydrogen-bond acceptors (Lipinski definition) is 3. The molecule has 60 valence electrons. The quantitative estimate of drug-likeness (QED) is 0.647. The SMILES string of the molecule is Cc1nnc(CN)c(C)c1C. The summed E-state index contributed by atoms with van der Waals surface area (Å²) in [6.45, 7) is 6.49. The van der Waals surface area contributed by atoms with E-state index in [0.29, 0.717) is 6.54 Å². The van der Waals surface area contributed by atoms with Gasteiger partial charge in [0.05, 0.1) is 11.4 Å². The summed E-state index contributed by atoms with van der Waals surface area (Å²) in [6.07, 6.45) is 0. The number of aromatic nitrogens is 2. The Morgan fingerprint density at radius 1 is 1.09 bits per heavy atom. The molecule has 0 aliphatic heterocycles. The van der Waals surface area contributed by atoms with Crippen molar-refractivity contribution in [2.24, 2.45) is 5.73 Å². The van der Waals surface area contributed by atoms with Gasteiger partial charge in [-0.25, -0.2) is 0 Å². The molecule has 1 heterocycles. The van der Waals surface area contributed by atoms with E-state index in [-0.39, 0.29) is 0 Å². The molecule has 0 spiro atoms. The first-order valence-electron chi connectivity index (χ1n) is 3.66. The summed E-state index contributed by atoms with van der Waals surface area (Å²) in [5, 5.41) is 7.96. The molecule has 1 rings (SSSR count). The van der Waals surface area contributed by atoms with Crippen LogP contribution < -0.4 is 5.73 Å². The van der Waals surface area contributed by atoms with Crippen LogP contribution in [0, 0.1) is 20.8 Å². The van der Waals surface area contributed by atoms with E-state index in [4.69, 9.17) is 5.73 Å². The average Bonchev–Trinajstić information content (AvgIpc) is 2.01. The van der Waals surface area contributed by atoms with Crippen LogP contribution in [0.2, 0.25) is 0 Å². The molecule has 0 bridgehead atoms. The van der Waals surface area contributed by atoms with Crippen molar-refractivity contribution in [2.45, 2.75) is 27.3 Å². The fraction of sp³-hybridized carbons (Fsp3) is 0.500. The Morgan fingerprint density at radius 2 is 1.73 bits per heavy atom. The molecule has 1 aromatic rings. The van der Waals surface area contributed by atoms with Gasteiger partial charge in [-0.15, -0.1) is 0 Å². The highest BCUT2D eigenvalue weighted by atomic mass is 15.1. The van der Waals surface area contributed by atoms with Crippen molar-refractivity contribution < 1.29 is 0 Å². The number of rotatable bonds is 1. The van der Waals surface area contributed by atoms with Gasteiger partial charge in [0.15, 0.2) is 0 Å². The highest BCUT2D eigenvalue weighted by Crippen LogP contribution is 2.10. The lowest BCUT2D eigenvalue weighted by Crippen LogP contribution is -2.07. The zero-order valence-electron chi connectivity index (χ0n) is 7.18. The summed E-state index contributed by atoms with van der Waals surface area (Å²) in [5.41, 5.74) is 9.71. The standard InChI is InChI=1S/C8H13N3/c1-5-6(2)8(4-9)11-10-7(5)3/h4,9H2,1-3H3. The maximum atomic E-state index is 5.47. The Balaban J connectivity index is 3.25. The molecular formula is C8H13N3. The summed E-state index contributed by atoms with van der Waals surface area (Å²) >= 11 is 0. The minimum atomic E-state index is 0.472. The van der Waals surface area contributed by atoms with Crippen molar-refractivity contribution >= 4 is 0 Å². The second kappa shape index (κ2) is 2.96. The largest absolute Gasteiger partial charge is 0.325 e. The van der Waals surface area contributed by atoms with E-state index >= 15 is 0 Å². The lowest BCUT2D eigenvalue weighted by atomic mass is 10.1. The normalized spacial score (nSPS) is 10.2. The van der Waals surface area contributed by atoms with Gasteiger partial charge in [-0.05, 0) is 31.9 Å². The van der Waals surface area contributed by atoms with Gasteiger partial charge in [0, 0.05) is 6.54 Å². The van der Waals surface area contributed by atoms with E-state index in [9.17, 15) is 0 Å². The summed E-state index contributed by atoms with van der Waals surface area (Å²) < 4.78 is 0. The van der Waals surface area contributed by atoms with Crippen LogP contribution in [-0.4, -0.2) is 10.2 Å². The van der Waals surface area contributed by atoms with E-state index in [1.807, 2.05) is 20.8 Å². The average molecular weight is 151 g/mol. The molecule has 0 aliphatic rings. The molecule has 0 fully saturated rings. The predicted molar refractivity (Wildman–Crippen MR) is 44.1 cm³/mol. The Labute approximate surface area is 66.6 Å². The summed E-state index contributed by atoms with van der Waals surface area (Å²) in [4.78, 5) is 0. The minimum Gasteiger partial charge on any atom is -0.325 e. The molecule has 0 unspecified atom stereocenters. The third-order valence-electron chi connectivity index (χ3n) is 2.05. The molecule has 0 amide bonds. The van der Waals surface area contributed by atoms with Crippen LogP contribution in [0.4, 0.5) is 0 Å². The Hall–Kier alpha value is -0.960. The second-order valence-corrected chi connectivity index (χ2v) is 2.69. The molecule has 0 aliphatic carbocycles. The minimum absolute atomic E-state index is 0.472. The molecule has 3 nitrogen and oxygen atoms in total. The van der Waals surface area contributed by atoms with Gasteiger partial charge >= 0.3 is 0 Å². The molecule has 1 aromatic heterocycles. The van der Waals surface area contributed by atoms with E-state index in [0.717, 1.165) is 11.4 Å². The zero-order valence-corrected chi connectivity index (χ0v) is 7.18. The molecule has 0 radical (unpaired) electrons. The van der Waals surface area contributed by atoms with Crippen molar-refractivity contribution in [2.75, 3.05) is 0 Å². The highest BCUT2D eigenvalue weighted by molar-refractivity contribution is 5.29. The zero-order chi connectivity index (χ0) is 8.43. The fourth-order valence-corrected chi connectivity index (χ4v) is 0.967. The van der Waals surface area contributed by atoms with Crippen molar-refractivity contribution in [3.63, 3.8) is 0 Å². The highest BCUT2D eigenvalue weighted by Gasteiger charge is 2.03. The van der Waals surface area contributed by atoms with E-state index in [1.165, 1.54) is 11.1 Å². The predicted octanol–water partition coefficient (Wildman–Crippen LogP) is 0.861. The Morgan fingerprint density at radius 3 is 2.27 bits per heavy atom.